The number of rotatable bonds is 72. The van der Waals surface area contributed by atoms with Crippen molar-refractivity contribution in [3.05, 3.63) is 12.2 Å². The average Bonchev–Trinajstić information content (AvgIpc) is 1.37. The fourth-order valence-corrected chi connectivity index (χ4v) is 13.4. The first kappa shape index (κ1) is 86.9. The van der Waals surface area contributed by atoms with E-state index in [0.29, 0.717) is 19.3 Å². The van der Waals surface area contributed by atoms with Crippen LogP contribution in [-0.2, 0) is 14.3 Å². The highest BCUT2D eigenvalue weighted by atomic mass is 16.7. The minimum Gasteiger partial charge on any atom is -0.394 e. The lowest BCUT2D eigenvalue weighted by atomic mass is 9.98. The zero-order chi connectivity index (χ0) is 65.3. The van der Waals surface area contributed by atoms with E-state index in [0.717, 1.165) is 38.5 Å². The van der Waals surface area contributed by atoms with Gasteiger partial charge in [0, 0.05) is 0 Å². The quantitative estimate of drug-likeness (QED) is 0.0215. The summed E-state index contributed by atoms with van der Waals surface area (Å²) in [5, 5.41) is 76.8. The maximum atomic E-state index is 13.3. The molecule has 11 heteroatoms. The number of carbonyl (C=O) groups is 1. The maximum Gasteiger partial charge on any atom is 0.249 e. The molecule has 0 spiro atoms. The molecule has 9 atom stereocenters. The smallest absolute Gasteiger partial charge is 0.249 e. The van der Waals surface area contributed by atoms with Crippen LogP contribution in [0.1, 0.15) is 418 Å². The molecule has 536 valence electrons. The summed E-state index contributed by atoms with van der Waals surface area (Å²) in [5.74, 6) is -0.687. The molecule has 0 saturated carbocycles. The van der Waals surface area contributed by atoms with Gasteiger partial charge in [0.1, 0.15) is 36.6 Å². The number of nitrogens with one attached hydrogen (secondary N) is 1. The van der Waals surface area contributed by atoms with E-state index in [9.17, 15) is 40.5 Å². The van der Waals surface area contributed by atoms with Gasteiger partial charge in [0.05, 0.1) is 25.4 Å². The van der Waals surface area contributed by atoms with Gasteiger partial charge >= 0.3 is 0 Å². The fraction of sp³-hybridized carbons (Fsp3) is 0.962. The van der Waals surface area contributed by atoms with Gasteiger partial charge in [0.2, 0.25) is 5.91 Å². The lowest BCUT2D eigenvalue weighted by Gasteiger charge is -2.40. The van der Waals surface area contributed by atoms with Crippen LogP contribution >= 0.6 is 0 Å². The predicted molar refractivity (Wildman–Crippen MR) is 381 cm³/mol. The first-order valence-electron chi connectivity index (χ1n) is 40.1. The highest BCUT2D eigenvalue weighted by Crippen LogP contribution is 2.25. The normalized spacial score (nSPS) is 18.4. The molecule has 0 aliphatic carbocycles. The lowest BCUT2D eigenvalue weighted by molar-refractivity contribution is -0.303. The molecule has 1 fully saturated rings. The van der Waals surface area contributed by atoms with Gasteiger partial charge in [-0.15, -0.1) is 0 Å². The highest BCUT2D eigenvalue weighted by molar-refractivity contribution is 5.80. The molecule has 1 heterocycles. The summed E-state index contributed by atoms with van der Waals surface area (Å²) < 4.78 is 11.2. The largest absolute Gasteiger partial charge is 0.394 e. The van der Waals surface area contributed by atoms with Crippen molar-refractivity contribution in [1.82, 2.24) is 5.32 Å². The van der Waals surface area contributed by atoms with Crippen LogP contribution in [0.2, 0.25) is 0 Å². The number of allylic oxidation sites excluding steroid dienone is 2. The standard InChI is InChI=1S/C79H155NO10/c1-3-5-7-9-11-13-15-17-19-21-23-25-27-29-31-33-35-37-38-40-42-44-46-48-50-52-54-56-58-60-62-64-66-71(82)74(84)70(69-89-79-77(87)76(86)75(85)73(68-81)90-79)80-78(88)72(83)67-65-63-61-59-57-55-53-51-49-47-45-43-41-39-36-34-32-30-28-26-24-22-20-18-16-14-12-10-8-6-4-2/h30,32,70-77,79,81-87H,3-29,31,33-69H2,1-2H3,(H,80,88)/b32-30-. The third-order valence-corrected chi connectivity index (χ3v) is 19.8. The van der Waals surface area contributed by atoms with Crippen molar-refractivity contribution in [3.63, 3.8) is 0 Å². The number of aliphatic hydroxyl groups is 7. The Labute approximate surface area is 557 Å². The van der Waals surface area contributed by atoms with Gasteiger partial charge in [0.15, 0.2) is 6.29 Å². The number of hydrogen-bond donors (Lipinski definition) is 8. The molecule has 0 radical (unpaired) electrons. The molecule has 0 bridgehead atoms. The number of ether oxygens (including phenoxy) is 2. The first-order chi connectivity index (χ1) is 44.2. The minimum absolute atomic E-state index is 0.265. The summed E-state index contributed by atoms with van der Waals surface area (Å²) in [6, 6.07) is -1.17. The Morgan fingerprint density at radius 3 is 0.933 bits per heavy atom. The summed E-state index contributed by atoms with van der Waals surface area (Å²) in [6.45, 7) is 3.54. The van der Waals surface area contributed by atoms with E-state index in [2.05, 4.69) is 31.3 Å². The Morgan fingerprint density at radius 2 is 0.644 bits per heavy atom. The second-order valence-corrected chi connectivity index (χ2v) is 28.5. The van der Waals surface area contributed by atoms with Gasteiger partial charge in [0.25, 0.3) is 0 Å². The van der Waals surface area contributed by atoms with Crippen LogP contribution in [0.15, 0.2) is 12.2 Å². The molecule has 1 amide bonds. The predicted octanol–water partition coefficient (Wildman–Crippen LogP) is 20.5. The molecule has 1 aliphatic heterocycles. The van der Waals surface area contributed by atoms with Crippen molar-refractivity contribution >= 4 is 5.91 Å². The average molecular weight is 1280 g/mol. The summed E-state index contributed by atoms with van der Waals surface area (Å²) in [5.41, 5.74) is 0. The van der Waals surface area contributed by atoms with E-state index < -0.39 is 74.2 Å². The van der Waals surface area contributed by atoms with E-state index in [1.165, 1.54) is 340 Å². The van der Waals surface area contributed by atoms with Gasteiger partial charge in [-0.25, -0.2) is 0 Å². The molecule has 0 aromatic carbocycles. The molecule has 1 saturated heterocycles. The Kier molecular flexibility index (Phi) is 65.5. The molecule has 1 rings (SSSR count). The second-order valence-electron chi connectivity index (χ2n) is 28.5. The second kappa shape index (κ2) is 67.8. The van der Waals surface area contributed by atoms with Crippen molar-refractivity contribution < 1.29 is 50.0 Å². The Balaban J connectivity index is 2.13. The van der Waals surface area contributed by atoms with Gasteiger partial charge < -0.3 is 50.5 Å². The van der Waals surface area contributed by atoms with Gasteiger partial charge in [-0.1, -0.05) is 392 Å². The molecular weight excluding hydrogens is 1120 g/mol. The summed E-state index contributed by atoms with van der Waals surface area (Å²) in [6.07, 6.45) is 74.7. The van der Waals surface area contributed by atoms with E-state index in [1.54, 1.807) is 0 Å². The summed E-state index contributed by atoms with van der Waals surface area (Å²) in [4.78, 5) is 13.3. The highest BCUT2D eigenvalue weighted by Gasteiger charge is 2.44. The Morgan fingerprint density at radius 1 is 0.378 bits per heavy atom. The molecular formula is C79H155NO10. The van der Waals surface area contributed by atoms with Crippen LogP contribution in [0.25, 0.3) is 0 Å². The number of aliphatic hydroxyl groups excluding tert-OH is 7. The van der Waals surface area contributed by atoms with E-state index in [4.69, 9.17) is 9.47 Å². The van der Waals surface area contributed by atoms with Crippen molar-refractivity contribution in [3.8, 4) is 0 Å². The first-order valence-corrected chi connectivity index (χ1v) is 40.1. The Hall–Kier alpha value is -1.15. The Bertz CT molecular complexity index is 1470. The van der Waals surface area contributed by atoms with Gasteiger partial charge in [-0.05, 0) is 38.5 Å². The van der Waals surface area contributed by atoms with Gasteiger partial charge in [-0.2, -0.15) is 0 Å². The number of unbranched alkanes of at least 4 members (excludes halogenated alkanes) is 58. The summed E-state index contributed by atoms with van der Waals surface area (Å²) >= 11 is 0. The van der Waals surface area contributed by atoms with Crippen molar-refractivity contribution in [1.29, 1.82) is 0 Å². The topological polar surface area (TPSA) is 189 Å². The maximum absolute atomic E-state index is 13.3. The van der Waals surface area contributed by atoms with Crippen LogP contribution in [0.5, 0.6) is 0 Å². The van der Waals surface area contributed by atoms with Crippen LogP contribution in [-0.4, -0.2) is 110 Å². The number of carbonyl (C=O) groups excluding carboxylic acids is 1. The van der Waals surface area contributed by atoms with Crippen LogP contribution in [0.3, 0.4) is 0 Å². The van der Waals surface area contributed by atoms with E-state index >= 15 is 0 Å². The summed E-state index contributed by atoms with van der Waals surface area (Å²) in [7, 11) is 0. The molecule has 90 heavy (non-hydrogen) atoms. The number of amides is 1. The molecule has 9 unspecified atom stereocenters. The molecule has 0 aromatic rings. The van der Waals surface area contributed by atoms with Crippen LogP contribution < -0.4 is 5.32 Å². The molecule has 11 nitrogen and oxygen atoms in total. The SMILES string of the molecule is CCCCCCCCCCCCCC/C=C\CCCCCCCCCCCCCCCCCC(O)C(=O)NC(COC1OC(CO)C(O)C(O)C1O)C(O)C(O)CCCCCCCCCCCCCCCCCCCCCCCCCCCCCCCCCC. The molecule has 0 aromatic heterocycles. The third kappa shape index (κ3) is 54.0. The zero-order valence-electron chi connectivity index (χ0n) is 59.7. The van der Waals surface area contributed by atoms with Crippen molar-refractivity contribution in [2.24, 2.45) is 0 Å². The molecule has 1 aliphatic rings. The minimum atomic E-state index is -1.66. The van der Waals surface area contributed by atoms with Crippen LogP contribution in [0.4, 0.5) is 0 Å². The molecule has 8 N–H and O–H groups in total. The van der Waals surface area contributed by atoms with E-state index in [1.807, 2.05) is 0 Å². The number of hydrogen-bond acceptors (Lipinski definition) is 10. The lowest BCUT2D eigenvalue weighted by Crippen LogP contribution is -2.60. The van der Waals surface area contributed by atoms with Crippen molar-refractivity contribution in [2.45, 2.75) is 473 Å². The van der Waals surface area contributed by atoms with E-state index in [-0.39, 0.29) is 6.42 Å². The fourth-order valence-electron chi connectivity index (χ4n) is 13.4. The third-order valence-electron chi connectivity index (χ3n) is 19.8. The zero-order valence-corrected chi connectivity index (χ0v) is 59.7. The van der Waals surface area contributed by atoms with Crippen LogP contribution in [0, 0.1) is 0 Å². The van der Waals surface area contributed by atoms with Crippen molar-refractivity contribution in [2.75, 3.05) is 13.2 Å². The van der Waals surface area contributed by atoms with Gasteiger partial charge in [-0.3, -0.25) is 4.79 Å². The monoisotopic (exact) mass is 1280 g/mol.